The number of benzene rings is 1. The molecule has 132 valence electrons. The number of aromatic nitrogens is 2. The third-order valence-corrected chi connectivity index (χ3v) is 3.39. The van der Waals surface area contributed by atoms with E-state index in [0.717, 1.165) is 36.9 Å². The third-order valence-electron chi connectivity index (χ3n) is 3.39. The number of aryl methyl sites for hydroxylation is 1. The van der Waals surface area contributed by atoms with Gasteiger partial charge >= 0.3 is 0 Å². The van der Waals surface area contributed by atoms with Gasteiger partial charge in [-0.2, -0.15) is 5.10 Å². The maximum Gasteiger partial charge on any atom is 0.191 e. The van der Waals surface area contributed by atoms with Gasteiger partial charge in [-0.25, -0.2) is 4.99 Å². The molecule has 0 unspecified atom stereocenters. The summed E-state index contributed by atoms with van der Waals surface area (Å²) in [6.45, 7) is 7.05. The molecule has 1 heterocycles. The highest BCUT2D eigenvalue weighted by Gasteiger charge is 2.03. The first-order valence-electron chi connectivity index (χ1n) is 7.86. The summed E-state index contributed by atoms with van der Waals surface area (Å²) in [6, 6.07) is 8.09. The standard InChI is InChI=1S/C17H25N5O.HI/c1-4-18-17(19-9-11-22-10-5-8-21-22)20-13-15-7-6-14(2)12-16(15)23-3;/h5-8,10,12H,4,9,11,13H2,1-3H3,(H2,18,19,20);1H. The van der Waals surface area contributed by atoms with Gasteiger partial charge in [0.1, 0.15) is 5.75 Å². The first kappa shape index (κ1) is 20.3. The van der Waals surface area contributed by atoms with E-state index in [-0.39, 0.29) is 24.0 Å². The van der Waals surface area contributed by atoms with Crippen LogP contribution in [0, 0.1) is 6.92 Å². The van der Waals surface area contributed by atoms with E-state index in [9.17, 15) is 0 Å². The number of halogens is 1. The molecule has 0 radical (unpaired) electrons. The molecule has 1 aromatic heterocycles. The summed E-state index contributed by atoms with van der Waals surface area (Å²) in [6.07, 6.45) is 3.73. The smallest absolute Gasteiger partial charge is 0.191 e. The monoisotopic (exact) mass is 443 g/mol. The zero-order valence-electron chi connectivity index (χ0n) is 14.5. The van der Waals surface area contributed by atoms with Crippen LogP contribution >= 0.6 is 24.0 Å². The predicted octanol–water partition coefficient (Wildman–Crippen LogP) is 2.57. The van der Waals surface area contributed by atoms with Gasteiger partial charge in [-0.15, -0.1) is 24.0 Å². The Morgan fingerprint density at radius 2 is 2.17 bits per heavy atom. The quantitative estimate of drug-likeness (QED) is 0.393. The highest BCUT2D eigenvalue weighted by molar-refractivity contribution is 14.0. The second-order valence-corrected chi connectivity index (χ2v) is 5.21. The van der Waals surface area contributed by atoms with E-state index in [1.54, 1.807) is 13.3 Å². The molecule has 0 bridgehead atoms. The van der Waals surface area contributed by atoms with Gasteiger partial charge in [0.25, 0.3) is 0 Å². The molecule has 0 saturated carbocycles. The van der Waals surface area contributed by atoms with E-state index in [1.165, 1.54) is 5.56 Å². The van der Waals surface area contributed by atoms with Crippen LogP contribution in [0.15, 0.2) is 41.7 Å². The molecule has 24 heavy (non-hydrogen) atoms. The Morgan fingerprint density at radius 3 is 2.83 bits per heavy atom. The van der Waals surface area contributed by atoms with Crippen molar-refractivity contribution in [2.45, 2.75) is 26.9 Å². The molecule has 1 aromatic carbocycles. The molecule has 0 spiro atoms. The van der Waals surface area contributed by atoms with Crippen LogP contribution in [0.3, 0.4) is 0 Å². The van der Waals surface area contributed by atoms with E-state index < -0.39 is 0 Å². The molecular formula is C17H26IN5O. The van der Waals surface area contributed by atoms with Crippen LogP contribution in [0.5, 0.6) is 5.75 Å². The van der Waals surface area contributed by atoms with Crippen LogP contribution < -0.4 is 15.4 Å². The fourth-order valence-corrected chi connectivity index (χ4v) is 2.21. The minimum Gasteiger partial charge on any atom is -0.496 e. The van der Waals surface area contributed by atoms with Gasteiger partial charge < -0.3 is 15.4 Å². The lowest BCUT2D eigenvalue weighted by atomic mass is 10.1. The number of rotatable bonds is 7. The lowest BCUT2D eigenvalue weighted by Gasteiger charge is -2.12. The summed E-state index contributed by atoms with van der Waals surface area (Å²) in [7, 11) is 1.69. The number of ether oxygens (including phenoxy) is 1. The summed E-state index contributed by atoms with van der Waals surface area (Å²) in [5.74, 6) is 1.67. The van der Waals surface area contributed by atoms with Gasteiger partial charge in [-0.1, -0.05) is 12.1 Å². The minimum atomic E-state index is 0. The zero-order valence-corrected chi connectivity index (χ0v) is 16.8. The Labute approximate surface area is 160 Å². The molecule has 0 aliphatic heterocycles. The second-order valence-electron chi connectivity index (χ2n) is 5.21. The molecule has 2 aromatic rings. The van der Waals surface area contributed by atoms with E-state index in [2.05, 4.69) is 46.7 Å². The molecule has 0 aliphatic rings. The fourth-order valence-electron chi connectivity index (χ4n) is 2.21. The Balaban J connectivity index is 0.00000288. The van der Waals surface area contributed by atoms with Crippen molar-refractivity contribution in [3.8, 4) is 5.75 Å². The summed E-state index contributed by atoms with van der Waals surface area (Å²) >= 11 is 0. The van der Waals surface area contributed by atoms with Crippen molar-refractivity contribution in [3.63, 3.8) is 0 Å². The Morgan fingerprint density at radius 1 is 1.33 bits per heavy atom. The molecule has 0 fully saturated rings. The van der Waals surface area contributed by atoms with Crippen molar-refractivity contribution in [1.82, 2.24) is 20.4 Å². The van der Waals surface area contributed by atoms with Crippen LogP contribution in [0.1, 0.15) is 18.1 Å². The fraction of sp³-hybridized carbons (Fsp3) is 0.412. The molecule has 2 rings (SSSR count). The molecular weight excluding hydrogens is 417 g/mol. The highest BCUT2D eigenvalue weighted by atomic mass is 127. The van der Waals surface area contributed by atoms with Crippen molar-refractivity contribution in [3.05, 3.63) is 47.8 Å². The Kier molecular flexibility index (Phi) is 9.21. The topological polar surface area (TPSA) is 63.5 Å². The van der Waals surface area contributed by atoms with Crippen molar-refractivity contribution in [1.29, 1.82) is 0 Å². The second kappa shape index (κ2) is 10.9. The highest BCUT2D eigenvalue weighted by Crippen LogP contribution is 2.20. The molecule has 0 saturated heterocycles. The van der Waals surface area contributed by atoms with Gasteiger partial charge in [0.05, 0.1) is 20.2 Å². The van der Waals surface area contributed by atoms with Crippen LogP contribution in [-0.4, -0.2) is 35.9 Å². The SMILES string of the molecule is CCNC(=NCc1ccc(C)cc1OC)NCCn1cccn1.I. The number of nitrogens with one attached hydrogen (secondary N) is 2. The molecule has 0 amide bonds. The number of guanidine groups is 1. The van der Waals surface area contributed by atoms with Gasteiger partial charge in [-0.3, -0.25) is 4.68 Å². The maximum absolute atomic E-state index is 5.43. The van der Waals surface area contributed by atoms with Gasteiger partial charge in [0.2, 0.25) is 0 Å². The summed E-state index contributed by atoms with van der Waals surface area (Å²) < 4.78 is 7.32. The van der Waals surface area contributed by atoms with E-state index >= 15 is 0 Å². The Hall–Kier alpha value is -1.77. The number of hydrogen-bond donors (Lipinski definition) is 2. The lowest BCUT2D eigenvalue weighted by molar-refractivity contribution is 0.409. The third kappa shape index (κ3) is 6.38. The van der Waals surface area contributed by atoms with Gasteiger partial charge in [0, 0.05) is 31.0 Å². The Bertz CT molecular complexity index is 628. The van der Waals surface area contributed by atoms with Crippen molar-refractivity contribution < 1.29 is 4.74 Å². The predicted molar refractivity (Wildman–Crippen MR) is 108 cm³/mol. The van der Waals surface area contributed by atoms with E-state index in [1.807, 2.05) is 23.0 Å². The first-order chi connectivity index (χ1) is 11.2. The molecule has 6 nitrogen and oxygen atoms in total. The van der Waals surface area contributed by atoms with Crippen molar-refractivity contribution >= 4 is 29.9 Å². The van der Waals surface area contributed by atoms with Crippen LogP contribution in [0.25, 0.3) is 0 Å². The van der Waals surface area contributed by atoms with E-state index in [4.69, 9.17) is 4.74 Å². The average Bonchev–Trinajstić information content (AvgIpc) is 3.06. The van der Waals surface area contributed by atoms with Gasteiger partial charge in [-0.05, 0) is 31.5 Å². The normalized spacial score (nSPS) is 10.9. The number of aliphatic imine (C=N–C) groups is 1. The minimum absolute atomic E-state index is 0. The number of methoxy groups -OCH3 is 1. The summed E-state index contributed by atoms with van der Waals surface area (Å²) in [5.41, 5.74) is 2.25. The number of nitrogens with zero attached hydrogens (tertiary/aromatic N) is 3. The van der Waals surface area contributed by atoms with E-state index in [0.29, 0.717) is 6.54 Å². The maximum atomic E-state index is 5.43. The molecule has 0 atom stereocenters. The largest absolute Gasteiger partial charge is 0.496 e. The molecule has 0 aliphatic carbocycles. The zero-order chi connectivity index (χ0) is 16.5. The first-order valence-corrected chi connectivity index (χ1v) is 7.86. The summed E-state index contributed by atoms with van der Waals surface area (Å²) in [4.78, 5) is 4.63. The molecule has 2 N–H and O–H groups in total. The average molecular weight is 443 g/mol. The molecule has 7 heteroatoms. The summed E-state index contributed by atoms with van der Waals surface area (Å²) in [5, 5.41) is 10.7. The van der Waals surface area contributed by atoms with Crippen LogP contribution in [0.4, 0.5) is 0 Å². The van der Waals surface area contributed by atoms with Gasteiger partial charge in [0.15, 0.2) is 5.96 Å². The lowest BCUT2D eigenvalue weighted by Crippen LogP contribution is -2.38. The van der Waals surface area contributed by atoms with Crippen LogP contribution in [-0.2, 0) is 13.1 Å². The van der Waals surface area contributed by atoms with Crippen LogP contribution in [0.2, 0.25) is 0 Å². The number of hydrogen-bond acceptors (Lipinski definition) is 3. The van der Waals surface area contributed by atoms with Crippen molar-refractivity contribution in [2.24, 2.45) is 4.99 Å². The van der Waals surface area contributed by atoms with Crippen molar-refractivity contribution in [2.75, 3.05) is 20.2 Å².